The van der Waals surface area contributed by atoms with Crippen LogP contribution < -0.4 is 0 Å². The van der Waals surface area contributed by atoms with E-state index in [1.165, 1.54) is 0 Å². The van der Waals surface area contributed by atoms with Gasteiger partial charge in [-0.3, -0.25) is 19.7 Å². The molecule has 0 N–H and O–H groups in total. The molecule has 2 aliphatic rings. The summed E-state index contributed by atoms with van der Waals surface area (Å²) in [6, 6.07) is 0. The molecule has 108 valence electrons. The summed E-state index contributed by atoms with van der Waals surface area (Å²) in [6.07, 6.45) is 4.62. The van der Waals surface area contributed by atoms with Crippen LogP contribution in [0.4, 0.5) is 0 Å². The lowest BCUT2D eigenvalue weighted by Gasteiger charge is -2.40. The molecule has 0 bridgehead atoms. The summed E-state index contributed by atoms with van der Waals surface area (Å²) in [5.74, 6) is -2.00. The van der Waals surface area contributed by atoms with Gasteiger partial charge < -0.3 is 4.43 Å². The lowest BCUT2D eigenvalue weighted by molar-refractivity contribution is -0.568. The number of ketones is 2. The molecule has 2 aliphatic carbocycles. The van der Waals surface area contributed by atoms with E-state index in [0.717, 1.165) is 12.2 Å². The molecule has 0 aromatic heterocycles. The van der Waals surface area contributed by atoms with Crippen LogP contribution in [0.3, 0.4) is 0 Å². The molecule has 0 saturated heterocycles. The van der Waals surface area contributed by atoms with Crippen molar-refractivity contribution in [2.45, 2.75) is 37.7 Å². The van der Waals surface area contributed by atoms with Crippen molar-refractivity contribution < 1.29 is 18.9 Å². The molecule has 20 heavy (non-hydrogen) atoms. The molecular formula is C13H17NO5Si. The van der Waals surface area contributed by atoms with Gasteiger partial charge in [-0.25, -0.2) is 0 Å². The maximum Gasteiger partial charge on any atom is 0.321 e. The molecule has 2 rings (SSSR count). The van der Waals surface area contributed by atoms with Crippen LogP contribution in [-0.4, -0.2) is 36.5 Å². The van der Waals surface area contributed by atoms with Gasteiger partial charge in [0.15, 0.2) is 14.1 Å². The molecular weight excluding hydrogens is 278 g/mol. The summed E-state index contributed by atoms with van der Waals surface area (Å²) in [7, 11) is -2.11. The molecule has 3 unspecified atom stereocenters. The summed E-state index contributed by atoms with van der Waals surface area (Å²) in [6.45, 7) is 5.68. The first-order chi connectivity index (χ1) is 9.19. The highest BCUT2D eigenvalue weighted by molar-refractivity contribution is 6.69. The fourth-order valence-corrected chi connectivity index (χ4v) is 3.77. The number of nitrogens with zero attached hydrogens (tertiary/aromatic N) is 1. The third-order valence-corrected chi connectivity index (χ3v) is 4.53. The minimum absolute atomic E-state index is 0.196. The van der Waals surface area contributed by atoms with Gasteiger partial charge in [0.25, 0.3) is 0 Å². The summed E-state index contributed by atoms with van der Waals surface area (Å²) in [4.78, 5) is 35.3. The number of hydrogen-bond acceptors (Lipinski definition) is 5. The monoisotopic (exact) mass is 295 g/mol. The smallest absolute Gasteiger partial charge is 0.321 e. The molecule has 0 fully saturated rings. The molecule has 0 aromatic rings. The summed E-state index contributed by atoms with van der Waals surface area (Å²) < 4.78 is 5.83. The zero-order valence-electron chi connectivity index (χ0n) is 11.7. The Morgan fingerprint density at radius 2 is 2.00 bits per heavy atom. The van der Waals surface area contributed by atoms with E-state index in [9.17, 15) is 19.7 Å². The van der Waals surface area contributed by atoms with Crippen molar-refractivity contribution >= 4 is 19.9 Å². The molecule has 0 radical (unpaired) electrons. The Bertz CT molecular complexity index is 533. The standard InChI is InChI=1S/C13H17NO5Si/c1-20(2,3)19-12-6-4-5-9-10(15)7-8-11(16)13(9,12)14(17)18/h4,6-9,12H,5H2,1-3H3. The Labute approximate surface area is 117 Å². The fourth-order valence-electron chi connectivity index (χ4n) is 2.75. The minimum Gasteiger partial charge on any atom is -0.404 e. The highest BCUT2D eigenvalue weighted by atomic mass is 28.4. The average molecular weight is 295 g/mol. The third-order valence-electron chi connectivity index (χ3n) is 3.57. The van der Waals surface area contributed by atoms with Crippen LogP contribution in [0, 0.1) is 16.0 Å². The van der Waals surface area contributed by atoms with Gasteiger partial charge in [-0.15, -0.1) is 0 Å². The molecule has 7 heteroatoms. The number of nitro groups is 1. The van der Waals surface area contributed by atoms with Gasteiger partial charge in [0.2, 0.25) is 5.78 Å². The second-order valence-electron chi connectivity index (χ2n) is 6.05. The van der Waals surface area contributed by atoms with Crippen LogP contribution in [-0.2, 0) is 14.0 Å². The highest BCUT2D eigenvalue weighted by Crippen LogP contribution is 2.40. The Morgan fingerprint density at radius 3 is 2.55 bits per heavy atom. The van der Waals surface area contributed by atoms with E-state index in [4.69, 9.17) is 4.43 Å². The van der Waals surface area contributed by atoms with E-state index < -0.39 is 36.6 Å². The largest absolute Gasteiger partial charge is 0.404 e. The van der Waals surface area contributed by atoms with Crippen LogP contribution in [0.2, 0.25) is 19.6 Å². The number of fused-ring (bicyclic) bond motifs is 1. The lowest BCUT2D eigenvalue weighted by atomic mass is 9.67. The number of allylic oxidation sites excluding steroid dienone is 2. The van der Waals surface area contributed by atoms with Crippen molar-refractivity contribution in [3.63, 3.8) is 0 Å². The van der Waals surface area contributed by atoms with Crippen LogP contribution in [0.1, 0.15) is 6.42 Å². The van der Waals surface area contributed by atoms with Crippen molar-refractivity contribution in [1.82, 2.24) is 0 Å². The normalized spacial score (nSPS) is 33.1. The van der Waals surface area contributed by atoms with E-state index in [-0.39, 0.29) is 12.2 Å². The number of rotatable bonds is 3. The Balaban J connectivity index is 2.57. The first-order valence-corrected chi connectivity index (χ1v) is 9.85. The molecule has 6 nitrogen and oxygen atoms in total. The molecule has 0 spiro atoms. The Morgan fingerprint density at radius 1 is 1.35 bits per heavy atom. The molecule has 0 heterocycles. The summed E-state index contributed by atoms with van der Waals surface area (Å²) in [5.41, 5.74) is -2.00. The van der Waals surface area contributed by atoms with Crippen LogP contribution in [0.25, 0.3) is 0 Å². The van der Waals surface area contributed by atoms with E-state index in [1.807, 2.05) is 19.6 Å². The predicted octanol–water partition coefficient (Wildman–Crippen LogP) is 1.51. The van der Waals surface area contributed by atoms with Crippen molar-refractivity contribution in [2.24, 2.45) is 5.92 Å². The first-order valence-electron chi connectivity index (χ1n) is 6.45. The molecule has 0 saturated carbocycles. The van der Waals surface area contributed by atoms with Crippen molar-refractivity contribution in [3.8, 4) is 0 Å². The molecule has 0 amide bonds. The van der Waals surface area contributed by atoms with Gasteiger partial charge in [0.1, 0.15) is 12.0 Å². The highest BCUT2D eigenvalue weighted by Gasteiger charge is 2.66. The van der Waals surface area contributed by atoms with E-state index in [0.29, 0.717) is 0 Å². The van der Waals surface area contributed by atoms with Gasteiger partial charge in [-0.2, -0.15) is 0 Å². The van der Waals surface area contributed by atoms with E-state index in [1.54, 1.807) is 12.2 Å². The predicted molar refractivity (Wildman–Crippen MR) is 74.3 cm³/mol. The van der Waals surface area contributed by atoms with Crippen LogP contribution in [0.15, 0.2) is 24.3 Å². The molecule has 0 aromatic carbocycles. The zero-order valence-corrected chi connectivity index (χ0v) is 12.7. The van der Waals surface area contributed by atoms with Crippen molar-refractivity contribution in [3.05, 3.63) is 34.4 Å². The number of carbonyl (C=O) groups excluding carboxylic acids is 2. The lowest BCUT2D eigenvalue weighted by Crippen LogP contribution is -2.66. The van der Waals surface area contributed by atoms with Gasteiger partial charge in [-0.1, -0.05) is 12.2 Å². The number of carbonyl (C=O) groups is 2. The van der Waals surface area contributed by atoms with Crippen LogP contribution in [0.5, 0.6) is 0 Å². The molecule has 3 atom stereocenters. The second kappa shape index (κ2) is 4.74. The maximum atomic E-state index is 12.3. The van der Waals surface area contributed by atoms with E-state index >= 15 is 0 Å². The molecule has 0 aliphatic heterocycles. The van der Waals surface area contributed by atoms with Gasteiger partial charge in [-0.05, 0) is 38.2 Å². The Hall–Kier alpha value is -1.60. The topological polar surface area (TPSA) is 86.5 Å². The van der Waals surface area contributed by atoms with Crippen LogP contribution >= 0.6 is 0 Å². The number of hydrogen-bond donors (Lipinski definition) is 0. The second-order valence-corrected chi connectivity index (χ2v) is 10.5. The summed E-state index contributed by atoms with van der Waals surface area (Å²) in [5, 5.41) is 11.7. The van der Waals surface area contributed by atoms with Gasteiger partial charge >= 0.3 is 5.54 Å². The van der Waals surface area contributed by atoms with Crippen molar-refractivity contribution in [1.29, 1.82) is 0 Å². The Kier molecular flexibility index (Phi) is 3.51. The van der Waals surface area contributed by atoms with Gasteiger partial charge in [0.05, 0.1) is 0 Å². The fraction of sp³-hybridized carbons (Fsp3) is 0.538. The SMILES string of the molecule is C[Si](C)(C)OC1C=CCC2C(=O)C=CC(=O)C12[N+](=O)[O-]. The first kappa shape index (κ1) is 14.8. The average Bonchev–Trinajstić information content (AvgIpc) is 2.31. The quantitative estimate of drug-likeness (QED) is 0.341. The summed E-state index contributed by atoms with van der Waals surface area (Å²) >= 11 is 0. The van der Waals surface area contributed by atoms with E-state index in [2.05, 4.69) is 0 Å². The minimum atomic E-state index is -2.11. The maximum absolute atomic E-state index is 12.3. The van der Waals surface area contributed by atoms with Crippen molar-refractivity contribution in [2.75, 3.05) is 0 Å². The third kappa shape index (κ3) is 2.16. The van der Waals surface area contributed by atoms with Gasteiger partial charge in [0, 0.05) is 4.92 Å². The zero-order chi connectivity index (χ0) is 15.1.